The van der Waals surface area contributed by atoms with Gasteiger partial charge in [0.05, 0.1) is 38.3 Å². The molecule has 9 heteroatoms. The molecular formula is C30H40FNO6Si. The minimum atomic E-state index is -2.47. The molecular weight excluding hydrogens is 517 g/mol. The summed E-state index contributed by atoms with van der Waals surface area (Å²) in [6.45, 7) is 10.2. The van der Waals surface area contributed by atoms with Crippen molar-refractivity contribution in [2.45, 2.75) is 70.4 Å². The highest BCUT2D eigenvalue weighted by Gasteiger charge is 2.61. The van der Waals surface area contributed by atoms with Gasteiger partial charge in [0, 0.05) is 5.57 Å². The Kier molecular flexibility index (Phi) is 11.0. The maximum Gasteiger partial charge on any atom is 0.193 e. The summed E-state index contributed by atoms with van der Waals surface area (Å²) >= 11 is 0. The van der Waals surface area contributed by atoms with Crippen LogP contribution >= 0.6 is 0 Å². The quantitative estimate of drug-likeness (QED) is 0.187. The maximum atomic E-state index is 14.6. The van der Waals surface area contributed by atoms with Crippen LogP contribution in [0.5, 0.6) is 0 Å². The Labute approximate surface area is 232 Å². The molecule has 2 aromatic rings. The molecule has 212 valence electrons. The van der Waals surface area contributed by atoms with Crippen LogP contribution in [0.15, 0.2) is 72.6 Å². The van der Waals surface area contributed by atoms with E-state index in [2.05, 4.69) is 26.8 Å². The minimum absolute atomic E-state index is 0.00144. The highest BCUT2D eigenvalue weighted by molar-refractivity contribution is 6.74. The number of aliphatic hydroxyl groups is 1. The molecule has 39 heavy (non-hydrogen) atoms. The number of rotatable bonds is 13. The highest BCUT2D eigenvalue weighted by Crippen LogP contribution is 2.49. The number of halogens is 1. The Balaban J connectivity index is 1.76. The van der Waals surface area contributed by atoms with E-state index in [-0.39, 0.29) is 37.4 Å². The third kappa shape index (κ3) is 7.61. The molecule has 1 saturated carbocycles. The van der Waals surface area contributed by atoms with E-state index in [0.29, 0.717) is 12.9 Å². The Morgan fingerprint density at radius 3 is 1.97 bits per heavy atom. The van der Waals surface area contributed by atoms with Gasteiger partial charge in [-0.05, 0) is 29.3 Å². The predicted octanol–water partition coefficient (Wildman–Crippen LogP) is 5.87. The van der Waals surface area contributed by atoms with Gasteiger partial charge in [-0.1, -0.05) is 81.4 Å². The van der Waals surface area contributed by atoms with Crippen LogP contribution in [-0.4, -0.2) is 51.9 Å². The summed E-state index contributed by atoms with van der Waals surface area (Å²) in [5.74, 6) is 0. The average molecular weight is 558 g/mol. The van der Waals surface area contributed by atoms with Gasteiger partial charge in [-0.2, -0.15) is 5.26 Å². The van der Waals surface area contributed by atoms with Gasteiger partial charge >= 0.3 is 0 Å². The summed E-state index contributed by atoms with van der Waals surface area (Å²) in [6.07, 6.45) is -3.17. The molecule has 0 unspecified atom stereocenters. The number of hydrogen-bond donors (Lipinski definition) is 1. The molecule has 0 heterocycles. The molecule has 0 aliphatic heterocycles. The zero-order chi connectivity index (χ0) is 28.5. The first-order valence-corrected chi connectivity index (χ1v) is 16.0. The van der Waals surface area contributed by atoms with Crippen molar-refractivity contribution >= 4 is 8.32 Å². The Bertz CT molecular complexity index is 1100. The SMILES string of the molecule is CC(C)(C)[Si](C)(C)O[C@H]1/C(=C/F)[C@](C#N)(COCOCc2ccccc2)[C@@H](OCOCc2ccccc2)[C@H]1O. The number of nitriles is 1. The number of aliphatic hydroxyl groups excluding tert-OH is 1. The maximum absolute atomic E-state index is 14.6. The van der Waals surface area contributed by atoms with Crippen LogP contribution < -0.4 is 0 Å². The van der Waals surface area contributed by atoms with Crippen molar-refractivity contribution in [3.8, 4) is 6.07 Å². The summed E-state index contributed by atoms with van der Waals surface area (Å²) < 4.78 is 44.0. The highest BCUT2D eigenvalue weighted by atomic mass is 28.4. The zero-order valence-corrected chi connectivity index (χ0v) is 24.4. The predicted molar refractivity (Wildman–Crippen MR) is 148 cm³/mol. The normalized spacial score (nSPS) is 24.7. The summed E-state index contributed by atoms with van der Waals surface area (Å²) in [5.41, 5.74) is 0.268. The second-order valence-corrected chi connectivity index (χ2v) is 16.0. The molecule has 0 bridgehead atoms. The van der Waals surface area contributed by atoms with Gasteiger partial charge < -0.3 is 28.5 Å². The standard InChI is InChI=1S/C30H40FNO6Si/c1-29(2,3)39(4,5)38-27-25(16-31)30(19-32,20-36-21-34-17-23-12-8-6-9-13-23)28(26(27)33)37-22-35-18-24-14-10-7-11-15-24/h6-16,26-28,33H,17-18,20-22H2,1-5H3/b25-16-/t26-,27-,28-,30-/m0/s1. The average Bonchev–Trinajstić information content (AvgIpc) is 3.13. The lowest BCUT2D eigenvalue weighted by molar-refractivity contribution is -0.162. The molecule has 0 radical (unpaired) electrons. The third-order valence-corrected chi connectivity index (χ3v) is 12.0. The monoisotopic (exact) mass is 557 g/mol. The molecule has 0 spiro atoms. The molecule has 1 aliphatic rings. The number of benzene rings is 2. The Morgan fingerprint density at radius 2 is 1.49 bits per heavy atom. The molecule has 0 saturated heterocycles. The molecule has 1 N–H and O–H groups in total. The van der Waals surface area contributed by atoms with Gasteiger partial charge in [0.25, 0.3) is 0 Å². The van der Waals surface area contributed by atoms with E-state index in [9.17, 15) is 14.8 Å². The first kappa shape index (κ1) is 31.1. The van der Waals surface area contributed by atoms with Crippen LogP contribution in [0.1, 0.15) is 31.9 Å². The van der Waals surface area contributed by atoms with Crippen LogP contribution in [0, 0.1) is 16.7 Å². The van der Waals surface area contributed by atoms with Crippen molar-refractivity contribution in [1.29, 1.82) is 5.26 Å². The first-order chi connectivity index (χ1) is 18.6. The number of nitrogens with zero attached hydrogens (tertiary/aromatic N) is 1. The lowest BCUT2D eigenvalue weighted by Crippen LogP contribution is -2.47. The third-order valence-electron chi connectivity index (χ3n) is 7.52. The zero-order valence-electron chi connectivity index (χ0n) is 23.4. The summed E-state index contributed by atoms with van der Waals surface area (Å²) in [7, 11) is -2.47. The Morgan fingerprint density at radius 1 is 0.949 bits per heavy atom. The van der Waals surface area contributed by atoms with Gasteiger partial charge in [-0.3, -0.25) is 0 Å². The van der Waals surface area contributed by atoms with Gasteiger partial charge in [0.2, 0.25) is 0 Å². The van der Waals surface area contributed by atoms with E-state index in [4.69, 9.17) is 23.4 Å². The molecule has 3 rings (SSSR count). The van der Waals surface area contributed by atoms with Crippen molar-refractivity contribution in [1.82, 2.24) is 0 Å². The van der Waals surface area contributed by atoms with Gasteiger partial charge in [0.15, 0.2) is 8.32 Å². The van der Waals surface area contributed by atoms with Gasteiger partial charge in [-0.15, -0.1) is 0 Å². The molecule has 1 aliphatic carbocycles. The van der Waals surface area contributed by atoms with Crippen molar-refractivity contribution in [3.63, 3.8) is 0 Å². The first-order valence-electron chi connectivity index (χ1n) is 13.1. The van der Waals surface area contributed by atoms with Gasteiger partial charge in [0.1, 0.15) is 31.2 Å². The summed E-state index contributed by atoms with van der Waals surface area (Å²) in [5, 5.41) is 21.6. The molecule has 7 nitrogen and oxygen atoms in total. The van der Waals surface area contributed by atoms with Crippen molar-refractivity contribution in [3.05, 3.63) is 83.7 Å². The second kappa shape index (κ2) is 13.8. The fourth-order valence-electron chi connectivity index (χ4n) is 4.26. The van der Waals surface area contributed by atoms with Crippen LogP contribution in [0.4, 0.5) is 4.39 Å². The van der Waals surface area contributed by atoms with E-state index in [1.54, 1.807) is 0 Å². The van der Waals surface area contributed by atoms with Gasteiger partial charge in [-0.25, -0.2) is 4.39 Å². The van der Waals surface area contributed by atoms with E-state index in [1.807, 2.05) is 73.8 Å². The lowest BCUT2D eigenvalue weighted by atomic mass is 9.83. The van der Waals surface area contributed by atoms with Crippen molar-refractivity contribution in [2.75, 3.05) is 20.2 Å². The van der Waals surface area contributed by atoms with E-state index >= 15 is 0 Å². The second-order valence-electron chi connectivity index (χ2n) is 11.3. The topological polar surface area (TPSA) is 90.2 Å². The van der Waals surface area contributed by atoms with E-state index < -0.39 is 32.0 Å². The number of hydrogen-bond acceptors (Lipinski definition) is 7. The minimum Gasteiger partial charge on any atom is -0.407 e. The largest absolute Gasteiger partial charge is 0.407 e. The van der Waals surface area contributed by atoms with E-state index in [0.717, 1.165) is 11.1 Å². The molecule has 0 aromatic heterocycles. The van der Waals surface area contributed by atoms with Crippen molar-refractivity contribution < 1.29 is 32.9 Å². The smallest absolute Gasteiger partial charge is 0.193 e. The summed E-state index contributed by atoms with van der Waals surface area (Å²) in [4.78, 5) is 0. The molecule has 1 fully saturated rings. The fourth-order valence-corrected chi connectivity index (χ4v) is 5.51. The molecule has 4 atom stereocenters. The number of ether oxygens (including phenoxy) is 4. The van der Waals surface area contributed by atoms with Crippen LogP contribution in [0.25, 0.3) is 0 Å². The van der Waals surface area contributed by atoms with Crippen LogP contribution in [0.2, 0.25) is 18.1 Å². The van der Waals surface area contributed by atoms with E-state index in [1.165, 1.54) is 0 Å². The van der Waals surface area contributed by atoms with Crippen LogP contribution in [-0.2, 0) is 36.6 Å². The van der Waals surface area contributed by atoms with Crippen LogP contribution in [0.3, 0.4) is 0 Å². The van der Waals surface area contributed by atoms with Crippen molar-refractivity contribution in [2.24, 2.45) is 5.41 Å². The molecule has 0 amide bonds. The lowest BCUT2D eigenvalue weighted by Gasteiger charge is -2.39. The fraction of sp³-hybridized carbons (Fsp3) is 0.500. The molecule has 2 aromatic carbocycles. The Hall–Kier alpha value is -2.42. The summed E-state index contributed by atoms with van der Waals surface area (Å²) in [6, 6.07) is 21.3.